The van der Waals surface area contributed by atoms with E-state index in [0.29, 0.717) is 68.8 Å². The van der Waals surface area contributed by atoms with E-state index in [-0.39, 0.29) is 11.7 Å². The monoisotopic (exact) mass is 504 g/mol. The van der Waals surface area contributed by atoms with Gasteiger partial charge in [0.25, 0.3) is 5.78 Å². The van der Waals surface area contributed by atoms with Crippen LogP contribution in [-0.4, -0.2) is 68.3 Å². The Hall–Kier alpha value is -3.61. The van der Waals surface area contributed by atoms with Crippen LogP contribution < -0.4 is 11.1 Å². The minimum absolute atomic E-state index is 0.0225. The summed E-state index contributed by atoms with van der Waals surface area (Å²) in [5.41, 5.74) is 7.06. The van der Waals surface area contributed by atoms with Crippen LogP contribution in [0.4, 0.5) is 29.5 Å². The molecular formula is C23H27F3N8O2. The minimum Gasteiger partial charge on any atom is -0.399 e. The SMILES string of the molecule is Cc1nnc2nc(N[C@H](C)c3cc(N)cc(C(F)(F)F)c3)c3c(n12)CCN(C(=O)N1CCOCC1)C3. The third-order valence-electron chi connectivity index (χ3n) is 6.60. The Balaban J connectivity index is 1.49. The van der Waals surface area contributed by atoms with Crippen LogP contribution in [0, 0.1) is 6.92 Å². The Morgan fingerprint density at radius 1 is 1.14 bits per heavy atom. The number of carbonyl (C=O) groups excluding carboxylic acids is 1. The van der Waals surface area contributed by atoms with E-state index in [1.807, 2.05) is 11.3 Å². The van der Waals surface area contributed by atoms with Gasteiger partial charge in [0.1, 0.15) is 11.6 Å². The number of aryl methyl sites for hydroxylation is 1. The van der Waals surface area contributed by atoms with Crippen molar-refractivity contribution in [3.63, 3.8) is 0 Å². The van der Waals surface area contributed by atoms with Crippen LogP contribution in [-0.2, 0) is 23.9 Å². The van der Waals surface area contributed by atoms with Crippen molar-refractivity contribution in [1.29, 1.82) is 0 Å². The van der Waals surface area contributed by atoms with E-state index in [9.17, 15) is 18.0 Å². The highest BCUT2D eigenvalue weighted by Gasteiger charge is 2.33. The second kappa shape index (κ2) is 9.12. The van der Waals surface area contributed by atoms with Crippen LogP contribution in [0.2, 0.25) is 0 Å². The summed E-state index contributed by atoms with van der Waals surface area (Å²) in [6, 6.07) is 2.87. The lowest BCUT2D eigenvalue weighted by atomic mass is 10.0. The molecule has 36 heavy (non-hydrogen) atoms. The Kier molecular flexibility index (Phi) is 6.10. The summed E-state index contributed by atoms with van der Waals surface area (Å²) in [4.78, 5) is 21.3. The average molecular weight is 505 g/mol. The van der Waals surface area contributed by atoms with E-state index < -0.39 is 17.8 Å². The molecule has 2 amide bonds. The highest BCUT2D eigenvalue weighted by atomic mass is 19.4. The first-order valence-electron chi connectivity index (χ1n) is 11.7. The number of morpholine rings is 1. The lowest BCUT2D eigenvalue weighted by Crippen LogP contribution is -2.49. The number of amides is 2. The number of urea groups is 1. The summed E-state index contributed by atoms with van der Waals surface area (Å²) < 4.78 is 47.3. The molecule has 3 N–H and O–H groups in total. The number of carbonyl (C=O) groups is 1. The standard InChI is InChI=1S/C23H27F3N8O2/c1-13(15-9-16(23(24,25)26)11-17(27)10-15)28-20-18-12-33(22(35)32-5-7-36-8-6-32)4-3-19(18)34-14(2)30-31-21(34)29-20/h9-11,13H,3-8,12,27H2,1-2H3,(H,28,29,31)/t13-/m1/s1. The van der Waals surface area contributed by atoms with Crippen LogP contribution in [0.15, 0.2) is 18.2 Å². The van der Waals surface area contributed by atoms with E-state index in [2.05, 4.69) is 20.5 Å². The fourth-order valence-corrected chi connectivity index (χ4v) is 4.73. The molecule has 0 radical (unpaired) electrons. The number of alkyl halides is 3. The zero-order valence-electron chi connectivity index (χ0n) is 20.0. The molecule has 0 spiro atoms. The van der Waals surface area contributed by atoms with E-state index in [1.165, 1.54) is 6.07 Å². The van der Waals surface area contributed by atoms with E-state index >= 15 is 0 Å². The molecule has 2 aliphatic heterocycles. The summed E-state index contributed by atoms with van der Waals surface area (Å²) in [5, 5.41) is 11.5. The van der Waals surface area contributed by atoms with Crippen LogP contribution in [0.5, 0.6) is 0 Å². The van der Waals surface area contributed by atoms with Crippen LogP contribution in [0.3, 0.4) is 0 Å². The minimum atomic E-state index is -4.51. The lowest BCUT2D eigenvalue weighted by Gasteiger charge is -2.36. The van der Waals surface area contributed by atoms with Crippen LogP contribution in [0.1, 0.15) is 41.2 Å². The summed E-state index contributed by atoms with van der Waals surface area (Å²) in [7, 11) is 0. The zero-order chi connectivity index (χ0) is 25.6. The van der Waals surface area contributed by atoms with Crippen molar-refractivity contribution >= 4 is 23.3 Å². The average Bonchev–Trinajstić information content (AvgIpc) is 3.23. The number of fused-ring (bicyclic) bond motifs is 3. The van der Waals surface area contributed by atoms with E-state index in [0.717, 1.165) is 23.4 Å². The molecule has 1 atom stereocenters. The Labute approximate surface area is 205 Å². The van der Waals surface area contributed by atoms with Gasteiger partial charge in [-0.05, 0) is 37.6 Å². The summed E-state index contributed by atoms with van der Waals surface area (Å²) in [6.07, 6.45) is -3.96. The molecule has 0 saturated carbocycles. The third kappa shape index (κ3) is 4.50. The van der Waals surface area contributed by atoms with Crippen molar-refractivity contribution < 1.29 is 22.7 Å². The molecule has 0 unspecified atom stereocenters. The maximum atomic E-state index is 13.4. The number of nitrogen functional groups attached to an aromatic ring is 1. The summed E-state index contributed by atoms with van der Waals surface area (Å²) in [6.45, 7) is 6.44. The quantitative estimate of drug-likeness (QED) is 0.527. The first kappa shape index (κ1) is 24.1. The number of nitrogens with two attached hydrogens (primary N) is 1. The van der Waals surface area contributed by atoms with Crippen molar-refractivity contribution in [2.24, 2.45) is 0 Å². The molecule has 0 aliphatic carbocycles. The van der Waals surface area contributed by atoms with Crippen molar-refractivity contribution in [2.45, 2.75) is 39.0 Å². The number of benzene rings is 1. The number of nitrogens with one attached hydrogen (secondary N) is 1. The maximum absolute atomic E-state index is 13.4. The first-order chi connectivity index (χ1) is 17.1. The van der Waals surface area contributed by atoms with Crippen LogP contribution in [0.25, 0.3) is 5.78 Å². The molecule has 1 saturated heterocycles. The number of rotatable bonds is 3. The fraction of sp³-hybridized carbons (Fsp3) is 0.478. The van der Waals surface area contributed by atoms with Crippen molar-refractivity contribution in [1.82, 2.24) is 29.4 Å². The van der Waals surface area contributed by atoms with Crippen molar-refractivity contribution in [3.05, 3.63) is 46.4 Å². The van der Waals surface area contributed by atoms with Gasteiger partial charge < -0.3 is 25.6 Å². The Bertz CT molecular complexity index is 1300. The lowest BCUT2D eigenvalue weighted by molar-refractivity contribution is -0.137. The normalized spacial score (nSPS) is 17.2. The maximum Gasteiger partial charge on any atom is 0.416 e. The van der Waals surface area contributed by atoms with Crippen LogP contribution >= 0.6 is 0 Å². The predicted molar refractivity (Wildman–Crippen MR) is 125 cm³/mol. The largest absolute Gasteiger partial charge is 0.416 e. The molecule has 0 bridgehead atoms. The number of ether oxygens (including phenoxy) is 1. The summed E-state index contributed by atoms with van der Waals surface area (Å²) in [5.74, 6) is 1.51. The number of nitrogens with zero attached hydrogens (tertiary/aromatic N) is 6. The smallest absolute Gasteiger partial charge is 0.399 e. The molecule has 1 fully saturated rings. The van der Waals surface area contributed by atoms with E-state index in [4.69, 9.17) is 10.5 Å². The zero-order valence-corrected chi connectivity index (χ0v) is 20.0. The summed E-state index contributed by atoms with van der Waals surface area (Å²) >= 11 is 0. The third-order valence-corrected chi connectivity index (χ3v) is 6.60. The van der Waals surface area contributed by atoms with Crippen molar-refractivity contribution in [2.75, 3.05) is 43.9 Å². The molecule has 4 heterocycles. The second-order valence-corrected chi connectivity index (χ2v) is 9.07. The molecule has 10 nitrogen and oxygen atoms in total. The van der Waals surface area contributed by atoms with Gasteiger partial charge in [0.15, 0.2) is 0 Å². The fourth-order valence-electron chi connectivity index (χ4n) is 4.73. The van der Waals surface area contributed by atoms with Gasteiger partial charge >= 0.3 is 12.2 Å². The van der Waals surface area contributed by atoms with Gasteiger partial charge in [-0.15, -0.1) is 10.2 Å². The number of hydrogen-bond acceptors (Lipinski definition) is 7. The molecule has 2 aliphatic rings. The van der Waals surface area contributed by atoms with Gasteiger partial charge in [-0.2, -0.15) is 18.2 Å². The highest BCUT2D eigenvalue weighted by molar-refractivity contribution is 5.75. The highest BCUT2D eigenvalue weighted by Crippen LogP contribution is 2.34. The molecule has 3 aromatic rings. The Morgan fingerprint density at radius 3 is 2.61 bits per heavy atom. The van der Waals surface area contributed by atoms with Gasteiger partial charge in [0, 0.05) is 43.0 Å². The second-order valence-electron chi connectivity index (χ2n) is 9.07. The molecule has 2 aromatic heterocycles. The number of aromatic nitrogens is 4. The van der Waals surface area contributed by atoms with Gasteiger partial charge in [0.2, 0.25) is 0 Å². The van der Waals surface area contributed by atoms with Gasteiger partial charge in [-0.1, -0.05) is 0 Å². The van der Waals surface area contributed by atoms with Gasteiger partial charge in [-0.25, -0.2) is 4.79 Å². The molecule has 192 valence electrons. The molecule has 5 rings (SSSR count). The molecule has 13 heteroatoms. The van der Waals surface area contributed by atoms with Crippen molar-refractivity contribution in [3.8, 4) is 0 Å². The number of halogens is 3. The molecular weight excluding hydrogens is 477 g/mol. The first-order valence-corrected chi connectivity index (χ1v) is 11.7. The predicted octanol–water partition coefficient (Wildman–Crippen LogP) is 3.02. The topological polar surface area (TPSA) is 114 Å². The van der Waals surface area contributed by atoms with Gasteiger partial charge in [-0.3, -0.25) is 4.40 Å². The van der Waals surface area contributed by atoms with E-state index in [1.54, 1.807) is 16.7 Å². The molecule has 1 aromatic carbocycles. The number of hydrogen-bond donors (Lipinski definition) is 2. The number of anilines is 2. The van der Waals surface area contributed by atoms with Gasteiger partial charge in [0.05, 0.1) is 31.4 Å². The Morgan fingerprint density at radius 2 is 1.89 bits per heavy atom.